The third-order valence-electron chi connectivity index (χ3n) is 3.83. The molecule has 0 unspecified atom stereocenters. The number of azo groups is 1. The van der Waals surface area contributed by atoms with E-state index in [9.17, 15) is 15.0 Å². The molecule has 0 aliphatic heterocycles. The fourth-order valence-electron chi connectivity index (χ4n) is 2.40. The first-order chi connectivity index (χ1) is 15.1. The van der Waals surface area contributed by atoms with Crippen LogP contribution in [0.15, 0.2) is 93.0 Å². The van der Waals surface area contributed by atoms with Gasteiger partial charge in [0, 0.05) is 10.5 Å². The summed E-state index contributed by atoms with van der Waals surface area (Å²) >= 11 is 0.716. The highest BCUT2D eigenvalue weighted by Crippen LogP contribution is 2.30. The summed E-state index contributed by atoms with van der Waals surface area (Å²) in [5, 5.41) is 43.6. The van der Waals surface area contributed by atoms with Crippen LogP contribution >= 0.6 is 12.0 Å². The highest BCUT2D eigenvalue weighted by Gasteiger charge is 2.10. The molecule has 0 fully saturated rings. The highest BCUT2D eigenvalue weighted by molar-refractivity contribution is 7.94. The second kappa shape index (κ2) is 10.8. The van der Waals surface area contributed by atoms with E-state index in [0.717, 1.165) is 0 Å². The maximum atomic E-state index is 11.4. The molecule has 0 saturated carbocycles. The molecule has 3 aromatic rings. The quantitative estimate of drug-likeness (QED) is 0.0722. The molecule has 0 atom stereocenters. The summed E-state index contributed by atoms with van der Waals surface area (Å²) in [4.78, 5) is 11.9. The van der Waals surface area contributed by atoms with Gasteiger partial charge in [-0.15, -0.1) is 14.6 Å². The fourth-order valence-corrected chi connectivity index (χ4v) is 2.80. The number of hydrazone groups is 1. The van der Waals surface area contributed by atoms with Crippen LogP contribution in [0.2, 0.25) is 0 Å². The molecule has 0 amide bonds. The fraction of sp³-hybridized carbons (Fsp3) is 0. The van der Waals surface area contributed by atoms with E-state index in [2.05, 4.69) is 30.1 Å². The lowest BCUT2D eigenvalue weighted by atomic mass is 10.2. The van der Waals surface area contributed by atoms with Crippen LogP contribution in [-0.2, 0) is 9.37 Å². The third kappa shape index (κ3) is 6.10. The van der Waals surface area contributed by atoms with Gasteiger partial charge < -0.3 is 10.2 Å². The zero-order chi connectivity index (χ0) is 22.1. The van der Waals surface area contributed by atoms with Gasteiger partial charge in [0.1, 0.15) is 11.4 Å². The molecule has 3 aromatic carbocycles. The Morgan fingerprint density at radius 2 is 1.74 bits per heavy atom. The van der Waals surface area contributed by atoms with Crippen molar-refractivity contribution in [1.29, 1.82) is 0 Å². The number of carboxylic acid groups (broad SMARTS) is 1. The predicted molar refractivity (Wildman–Crippen MR) is 113 cm³/mol. The van der Waals surface area contributed by atoms with E-state index >= 15 is 0 Å². The Balaban J connectivity index is 1.92. The Labute approximate surface area is 180 Å². The number of carboxylic acids is 1. The number of hydrogen-bond acceptors (Lipinski definition) is 9. The Morgan fingerprint density at radius 1 is 1.00 bits per heavy atom. The van der Waals surface area contributed by atoms with Crippen LogP contribution in [0.5, 0.6) is 5.75 Å². The van der Waals surface area contributed by atoms with Crippen LogP contribution in [0.1, 0.15) is 15.9 Å². The normalized spacial score (nSPS) is 11.6. The molecule has 0 aliphatic rings. The number of rotatable bonds is 8. The zero-order valence-corrected chi connectivity index (χ0v) is 16.6. The van der Waals surface area contributed by atoms with Crippen LogP contribution < -0.4 is 5.43 Å². The number of amidine groups is 1. The number of nitrogens with zero attached hydrogens (tertiary/aromatic N) is 3. The number of carbonyl (C=O) groups is 1. The van der Waals surface area contributed by atoms with Crippen LogP contribution in [0.25, 0.3) is 0 Å². The van der Waals surface area contributed by atoms with Gasteiger partial charge in [0.05, 0.1) is 23.3 Å². The third-order valence-corrected chi connectivity index (χ3v) is 4.41. The standard InChI is InChI=1S/C20H16N4O6S/c25-18-11-10-14(31-30-29-28)12-17(18)22-24-19(13-6-2-1-3-7-13)23-21-16-9-5-4-8-15(16)20(26)27/h1-12,22,25,28H,(H,26,27). The van der Waals surface area contributed by atoms with Gasteiger partial charge in [-0.25, -0.2) is 10.1 Å². The summed E-state index contributed by atoms with van der Waals surface area (Å²) in [5.74, 6) is -1.08. The molecule has 158 valence electrons. The predicted octanol–water partition coefficient (Wildman–Crippen LogP) is 5.08. The van der Waals surface area contributed by atoms with Gasteiger partial charge in [0.25, 0.3) is 0 Å². The first-order valence-corrected chi connectivity index (χ1v) is 9.43. The van der Waals surface area contributed by atoms with E-state index < -0.39 is 5.97 Å². The van der Waals surface area contributed by atoms with Crippen molar-refractivity contribution in [2.45, 2.75) is 4.90 Å². The maximum absolute atomic E-state index is 11.4. The summed E-state index contributed by atoms with van der Waals surface area (Å²) in [7, 11) is 0. The molecule has 10 nitrogen and oxygen atoms in total. The molecular weight excluding hydrogens is 424 g/mol. The average molecular weight is 440 g/mol. The van der Waals surface area contributed by atoms with Gasteiger partial charge in [-0.05, 0) is 30.3 Å². The number of aromatic hydroxyl groups is 1. The first kappa shape index (κ1) is 21.9. The molecule has 0 heterocycles. The van der Waals surface area contributed by atoms with Gasteiger partial charge in [-0.1, -0.05) is 47.5 Å². The number of hydrogen-bond donors (Lipinski definition) is 4. The van der Waals surface area contributed by atoms with Crippen LogP contribution in [-0.4, -0.2) is 27.3 Å². The van der Waals surface area contributed by atoms with Crippen LogP contribution in [0.4, 0.5) is 11.4 Å². The van der Waals surface area contributed by atoms with Crippen molar-refractivity contribution in [2.75, 3.05) is 5.43 Å². The molecular formula is C20H16N4O6S. The topological polar surface area (TPSA) is 145 Å². The monoisotopic (exact) mass is 440 g/mol. The number of benzene rings is 3. The van der Waals surface area contributed by atoms with E-state index in [-0.39, 0.29) is 28.5 Å². The molecule has 0 bridgehead atoms. The van der Waals surface area contributed by atoms with Crippen molar-refractivity contribution in [3.63, 3.8) is 0 Å². The Bertz CT molecular complexity index is 1110. The van der Waals surface area contributed by atoms with Crippen molar-refractivity contribution in [3.05, 3.63) is 83.9 Å². The van der Waals surface area contributed by atoms with Crippen LogP contribution in [0.3, 0.4) is 0 Å². The second-order valence-electron chi connectivity index (χ2n) is 5.84. The zero-order valence-electron chi connectivity index (χ0n) is 15.7. The van der Waals surface area contributed by atoms with E-state index in [4.69, 9.17) is 5.26 Å². The number of nitrogens with one attached hydrogen (secondary N) is 1. The lowest BCUT2D eigenvalue weighted by Gasteiger charge is -2.07. The summed E-state index contributed by atoms with van der Waals surface area (Å²) in [6, 6.07) is 19.5. The molecule has 3 rings (SSSR count). The maximum Gasteiger partial charge on any atom is 0.337 e. The lowest BCUT2D eigenvalue weighted by molar-refractivity contribution is -0.432. The van der Waals surface area contributed by atoms with Gasteiger partial charge in [-0.3, -0.25) is 5.43 Å². The van der Waals surface area contributed by atoms with Gasteiger partial charge in [0.2, 0.25) is 5.84 Å². The smallest absolute Gasteiger partial charge is 0.337 e. The minimum absolute atomic E-state index is 0.0000866. The van der Waals surface area contributed by atoms with Crippen molar-refractivity contribution in [1.82, 2.24) is 0 Å². The molecule has 11 heteroatoms. The van der Waals surface area contributed by atoms with Gasteiger partial charge >= 0.3 is 5.97 Å². The Kier molecular flexibility index (Phi) is 7.67. The Hall–Kier alpha value is -3.77. The van der Waals surface area contributed by atoms with Crippen LogP contribution in [0, 0.1) is 0 Å². The molecule has 0 aliphatic carbocycles. The van der Waals surface area contributed by atoms with E-state index in [1.165, 1.54) is 30.3 Å². The number of phenolic OH excluding ortho intramolecular Hbond substituents is 1. The number of phenols is 1. The largest absolute Gasteiger partial charge is 0.506 e. The molecule has 31 heavy (non-hydrogen) atoms. The number of aromatic carboxylic acids is 1. The molecule has 0 spiro atoms. The summed E-state index contributed by atoms with van der Waals surface area (Å²) in [6.45, 7) is 0. The minimum Gasteiger partial charge on any atom is -0.506 e. The van der Waals surface area contributed by atoms with E-state index in [0.29, 0.717) is 22.5 Å². The summed E-state index contributed by atoms with van der Waals surface area (Å²) in [6.07, 6.45) is 0. The van der Waals surface area contributed by atoms with E-state index in [1.54, 1.807) is 36.4 Å². The second-order valence-corrected chi connectivity index (χ2v) is 6.61. The SMILES string of the molecule is O=C(O)c1ccccc1N=NC(=NNc1cc(SOOO)ccc1O)c1ccccc1. The molecule has 4 N–H and O–H groups in total. The van der Waals surface area contributed by atoms with Crippen molar-refractivity contribution in [3.8, 4) is 5.75 Å². The van der Waals surface area contributed by atoms with Gasteiger partial charge in [0.15, 0.2) is 0 Å². The number of anilines is 1. The highest BCUT2D eigenvalue weighted by atomic mass is 32.2. The first-order valence-electron chi connectivity index (χ1n) is 8.69. The summed E-state index contributed by atoms with van der Waals surface area (Å²) in [5.41, 5.74) is 3.69. The minimum atomic E-state index is -1.13. The Morgan fingerprint density at radius 3 is 2.48 bits per heavy atom. The lowest BCUT2D eigenvalue weighted by Crippen LogP contribution is -2.02. The molecule has 0 saturated heterocycles. The average Bonchev–Trinajstić information content (AvgIpc) is 2.80. The molecule has 0 aromatic heterocycles. The van der Waals surface area contributed by atoms with Crippen molar-refractivity contribution >= 4 is 35.2 Å². The van der Waals surface area contributed by atoms with E-state index in [1.807, 2.05) is 6.07 Å². The van der Waals surface area contributed by atoms with Gasteiger partial charge in [-0.2, -0.15) is 5.10 Å². The summed E-state index contributed by atoms with van der Waals surface area (Å²) < 4.78 is 4.37. The molecule has 0 radical (unpaired) electrons. The van der Waals surface area contributed by atoms with Crippen molar-refractivity contribution < 1.29 is 29.6 Å². The van der Waals surface area contributed by atoms with Crippen molar-refractivity contribution in [2.24, 2.45) is 15.3 Å².